The molecule has 5 nitrogen and oxygen atoms in total. The second-order valence-corrected chi connectivity index (χ2v) is 10.1. The van der Waals surface area contributed by atoms with Crippen molar-refractivity contribution in [2.45, 2.75) is 45.2 Å². The van der Waals surface area contributed by atoms with Crippen molar-refractivity contribution in [1.29, 1.82) is 0 Å². The number of hydrogen-bond acceptors (Lipinski definition) is 4. The molecule has 1 aromatic carbocycles. The van der Waals surface area contributed by atoms with E-state index in [1.54, 1.807) is 6.08 Å². The molecule has 2 aliphatic rings. The second kappa shape index (κ2) is 11.4. The molecule has 0 bridgehead atoms. The number of carbonyl (C=O) groups excluding carboxylic acids is 1. The fourth-order valence-corrected chi connectivity index (χ4v) is 4.76. The lowest BCUT2D eigenvalue weighted by Crippen LogP contribution is -2.44. The average molecular weight is 477 g/mol. The quantitative estimate of drug-likeness (QED) is 0.287. The van der Waals surface area contributed by atoms with Crippen molar-refractivity contribution >= 4 is 22.4 Å². The first-order valence-electron chi connectivity index (χ1n) is 11.3. The van der Waals surface area contributed by atoms with Gasteiger partial charge >= 0.3 is 22.7 Å². The largest absolute Gasteiger partial charge is 0.416 e. The van der Waals surface area contributed by atoms with Crippen molar-refractivity contribution < 1.29 is 18.0 Å². The van der Waals surface area contributed by atoms with Gasteiger partial charge in [-0.1, -0.05) is 29.8 Å². The zero-order valence-electron chi connectivity index (χ0n) is 19.3. The van der Waals surface area contributed by atoms with Crippen LogP contribution in [-0.4, -0.2) is 63.6 Å². The third kappa shape index (κ3) is 7.22. The highest BCUT2D eigenvalue weighted by molar-refractivity contribution is 6.04. The number of hydrazine groups is 1. The van der Waals surface area contributed by atoms with E-state index in [2.05, 4.69) is 14.2 Å². The Kier molecular flexibility index (Phi) is 8.83. The van der Waals surface area contributed by atoms with Gasteiger partial charge in [-0.05, 0) is 74.5 Å². The zero-order valence-corrected chi connectivity index (χ0v) is 21.3. The number of rotatable bonds is 6. The molecule has 9 heteroatoms. The maximum absolute atomic E-state index is 14.0. The molecule has 0 unspecified atom stereocenters. The van der Waals surface area contributed by atoms with Crippen LogP contribution in [0.4, 0.5) is 13.2 Å². The lowest BCUT2D eigenvalue weighted by atomic mass is 9.91. The van der Waals surface area contributed by atoms with Gasteiger partial charge in [0.15, 0.2) is 0 Å². The van der Waals surface area contributed by atoms with Crippen molar-refractivity contribution in [1.82, 2.24) is 14.2 Å². The minimum atomic E-state index is -4.38. The molecule has 1 aliphatic carbocycles. The van der Waals surface area contributed by atoms with Crippen LogP contribution in [0.15, 0.2) is 58.8 Å². The topological polar surface area (TPSA) is 61.6 Å². The van der Waals surface area contributed by atoms with Crippen molar-refractivity contribution in [3.8, 4) is 0 Å². The number of nitrogens with two attached hydrogens (primary N) is 1. The van der Waals surface area contributed by atoms with E-state index in [1.165, 1.54) is 6.08 Å². The number of aryl methyl sites for hydroxylation is 1. The Balaban J connectivity index is 1.75. The standard InChI is InChI=1S/C24H30F3N4O.Al.2H/c1-17-2-8-20(9-7-18-3-5-19(6-4-18)16-23(32)30-28)21(24(25,26)27)10-11-22(17)31-14-12-29-13-15-31;;;/h3-6,10-11H,2,7-9,12-16,28H2,1H3,(H,30,32);;;/q-1;+1;;. The number of benzene rings is 1. The molecule has 0 radical (unpaired) electrons. The Bertz CT molecular complexity index is 930. The summed E-state index contributed by atoms with van der Waals surface area (Å²) in [5.74, 6) is 4.82. The van der Waals surface area contributed by atoms with Crippen molar-refractivity contribution in [3.63, 3.8) is 0 Å². The molecule has 1 fully saturated rings. The summed E-state index contributed by atoms with van der Waals surface area (Å²) >= 11 is 1.02. The van der Waals surface area contributed by atoms with Gasteiger partial charge in [0.1, 0.15) is 0 Å². The van der Waals surface area contributed by atoms with Crippen LogP contribution in [-0.2, 0) is 17.6 Å². The molecule has 3 N–H and O–H groups in total. The number of amides is 1. The van der Waals surface area contributed by atoms with Crippen LogP contribution in [0.25, 0.3) is 0 Å². The first kappa shape index (κ1) is 25.6. The zero-order chi connectivity index (χ0) is 24.0. The Morgan fingerprint density at radius 1 is 1.03 bits per heavy atom. The molecule has 0 spiro atoms. The van der Waals surface area contributed by atoms with E-state index in [-0.39, 0.29) is 12.3 Å². The molecule has 1 heterocycles. The lowest BCUT2D eigenvalue weighted by Gasteiger charge is -2.37. The summed E-state index contributed by atoms with van der Waals surface area (Å²) in [5.41, 5.74) is 5.88. The molecule has 1 amide bonds. The van der Waals surface area contributed by atoms with Crippen LogP contribution in [0.2, 0.25) is 0 Å². The first-order valence-corrected chi connectivity index (χ1v) is 12.2. The number of carbonyl (C=O) groups is 1. The number of hydrogen-bond donors (Lipinski definition) is 2. The SMILES string of the molecule is CC1=C(N2CC[N]([AlH2])CC2)C=CC(C(F)(F)F)=C(CCc2ccc(CC(=O)NN)cc2)CC1. The third-order valence-electron chi connectivity index (χ3n) is 6.44. The van der Waals surface area contributed by atoms with Gasteiger partial charge in [0.05, 0.1) is 12.0 Å². The molecule has 1 aliphatic heterocycles. The molecule has 1 saturated heterocycles. The van der Waals surface area contributed by atoms with Crippen LogP contribution >= 0.6 is 0 Å². The first-order chi connectivity index (χ1) is 15.7. The van der Waals surface area contributed by atoms with E-state index in [1.807, 2.05) is 31.2 Å². The number of piperazine rings is 1. The lowest BCUT2D eigenvalue weighted by molar-refractivity contribution is -0.120. The summed E-state index contributed by atoms with van der Waals surface area (Å²) in [4.78, 5) is 13.6. The van der Waals surface area contributed by atoms with Crippen LogP contribution < -0.4 is 11.3 Å². The minimum absolute atomic E-state index is 0.175. The van der Waals surface area contributed by atoms with E-state index < -0.39 is 11.7 Å². The van der Waals surface area contributed by atoms with Gasteiger partial charge in [-0.25, -0.2) is 5.84 Å². The van der Waals surface area contributed by atoms with Crippen LogP contribution in [0, 0.1) is 0 Å². The molecule has 0 saturated carbocycles. The predicted octanol–water partition coefficient (Wildman–Crippen LogP) is 2.80. The van der Waals surface area contributed by atoms with Gasteiger partial charge in [-0.15, -0.1) is 0 Å². The summed E-state index contributed by atoms with van der Waals surface area (Å²) in [6.45, 7) is 5.71. The molecular formula is C24H32AlF3N4O. The van der Waals surface area contributed by atoms with Gasteiger partial charge < -0.3 is 8.78 Å². The second-order valence-electron chi connectivity index (χ2n) is 8.87. The Morgan fingerprint density at radius 2 is 1.67 bits per heavy atom. The van der Waals surface area contributed by atoms with Gasteiger partial charge in [-0.3, -0.25) is 10.2 Å². The number of nitrogens with one attached hydrogen (secondary N) is 1. The molecule has 0 aromatic heterocycles. The summed E-state index contributed by atoms with van der Waals surface area (Å²) in [5, 5.41) is 0. The number of allylic oxidation sites excluding steroid dienone is 5. The van der Waals surface area contributed by atoms with Gasteiger partial charge in [-0.2, -0.15) is 13.2 Å². The summed E-state index contributed by atoms with van der Waals surface area (Å²) in [7, 11) is 0. The van der Waals surface area contributed by atoms with Crippen LogP contribution in [0.3, 0.4) is 0 Å². The fraction of sp³-hybridized carbons (Fsp3) is 0.458. The number of nitrogens with zero attached hydrogens (tertiary/aromatic N) is 2. The Hall–Kier alpha value is -2.05. The molecule has 178 valence electrons. The highest BCUT2D eigenvalue weighted by atomic mass is 27.1. The molecular weight excluding hydrogens is 444 g/mol. The third-order valence-corrected chi connectivity index (χ3v) is 7.34. The summed E-state index contributed by atoms with van der Waals surface area (Å²) in [6, 6.07) is 7.37. The number of alkyl halides is 3. The summed E-state index contributed by atoms with van der Waals surface area (Å²) in [6.07, 6.45) is 0.663. The summed E-state index contributed by atoms with van der Waals surface area (Å²) < 4.78 is 44.3. The van der Waals surface area contributed by atoms with Crippen LogP contribution in [0.1, 0.15) is 37.3 Å². The van der Waals surface area contributed by atoms with E-state index in [0.717, 1.165) is 65.1 Å². The highest BCUT2D eigenvalue weighted by Crippen LogP contribution is 2.36. The minimum Gasteiger partial charge on any atom is -0.388 e. The van der Waals surface area contributed by atoms with E-state index in [0.29, 0.717) is 31.3 Å². The van der Waals surface area contributed by atoms with Crippen LogP contribution in [0.5, 0.6) is 0 Å². The van der Waals surface area contributed by atoms with Crippen molar-refractivity contribution in [2.24, 2.45) is 5.84 Å². The van der Waals surface area contributed by atoms with E-state index in [9.17, 15) is 18.0 Å². The monoisotopic (exact) mass is 476 g/mol. The maximum Gasteiger partial charge on any atom is 0.416 e. The average Bonchev–Trinajstić information content (AvgIpc) is 2.77. The van der Waals surface area contributed by atoms with Gasteiger partial charge in [0.2, 0.25) is 5.91 Å². The smallest absolute Gasteiger partial charge is 0.388 e. The normalized spacial score (nSPS) is 18.4. The Morgan fingerprint density at radius 3 is 2.27 bits per heavy atom. The van der Waals surface area contributed by atoms with Gasteiger partial charge in [0.25, 0.3) is 0 Å². The van der Waals surface area contributed by atoms with Gasteiger partial charge in [0, 0.05) is 18.8 Å². The Labute approximate surface area is 201 Å². The van der Waals surface area contributed by atoms with Crippen molar-refractivity contribution in [3.05, 3.63) is 70.0 Å². The highest BCUT2D eigenvalue weighted by Gasteiger charge is 2.35. The predicted molar refractivity (Wildman–Crippen MR) is 127 cm³/mol. The molecule has 0 atom stereocenters. The number of halogens is 3. The van der Waals surface area contributed by atoms with E-state index in [4.69, 9.17) is 5.84 Å². The fourth-order valence-electron chi connectivity index (χ4n) is 4.36. The maximum atomic E-state index is 14.0. The van der Waals surface area contributed by atoms with Crippen molar-refractivity contribution in [2.75, 3.05) is 26.2 Å². The van der Waals surface area contributed by atoms with E-state index >= 15 is 0 Å². The molecule has 3 rings (SSSR count). The molecule has 1 aromatic rings. The molecule has 33 heavy (non-hydrogen) atoms.